The molecule has 0 radical (unpaired) electrons. The summed E-state index contributed by atoms with van der Waals surface area (Å²) >= 11 is 0. The minimum atomic E-state index is -0.481. The molecule has 3 aromatic rings. The SMILES string of the molecule is COc1cc(C(=O)NNC(=O)CNc2ccc(C)cc2C)ccc1OCc1c(C)noc1C. The van der Waals surface area contributed by atoms with Crippen molar-refractivity contribution in [2.24, 2.45) is 0 Å². The number of nitrogens with one attached hydrogen (secondary N) is 3. The maximum Gasteiger partial charge on any atom is 0.269 e. The van der Waals surface area contributed by atoms with E-state index in [0.29, 0.717) is 22.8 Å². The van der Waals surface area contributed by atoms with E-state index >= 15 is 0 Å². The van der Waals surface area contributed by atoms with Crippen LogP contribution in [0.5, 0.6) is 11.5 Å². The van der Waals surface area contributed by atoms with E-state index in [2.05, 4.69) is 21.3 Å². The predicted octanol–water partition coefficient (Wildman–Crippen LogP) is 3.37. The van der Waals surface area contributed by atoms with Crippen molar-refractivity contribution in [1.29, 1.82) is 0 Å². The maximum absolute atomic E-state index is 12.5. The van der Waals surface area contributed by atoms with Crippen LogP contribution < -0.4 is 25.6 Å². The molecule has 0 saturated carbocycles. The topological polar surface area (TPSA) is 115 Å². The number of rotatable bonds is 8. The van der Waals surface area contributed by atoms with Gasteiger partial charge in [0, 0.05) is 11.3 Å². The third-order valence-electron chi connectivity index (χ3n) is 5.12. The van der Waals surface area contributed by atoms with Gasteiger partial charge >= 0.3 is 0 Å². The molecule has 0 aliphatic rings. The van der Waals surface area contributed by atoms with Crippen molar-refractivity contribution in [1.82, 2.24) is 16.0 Å². The van der Waals surface area contributed by atoms with Crippen molar-refractivity contribution in [2.45, 2.75) is 34.3 Å². The summed E-state index contributed by atoms with van der Waals surface area (Å²) in [6.07, 6.45) is 0. The molecule has 0 fully saturated rings. The van der Waals surface area contributed by atoms with E-state index in [9.17, 15) is 9.59 Å². The van der Waals surface area contributed by atoms with E-state index < -0.39 is 5.91 Å². The van der Waals surface area contributed by atoms with Gasteiger partial charge in [0.2, 0.25) is 0 Å². The first-order valence-electron chi connectivity index (χ1n) is 10.4. The minimum absolute atomic E-state index is 0.0159. The number of aryl methyl sites for hydroxylation is 4. The zero-order valence-electron chi connectivity index (χ0n) is 19.4. The Morgan fingerprint density at radius 3 is 2.45 bits per heavy atom. The van der Waals surface area contributed by atoms with Crippen LogP contribution in [0.4, 0.5) is 5.69 Å². The van der Waals surface area contributed by atoms with Gasteiger partial charge in [-0.2, -0.15) is 0 Å². The van der Waals surface area contributed by atoms with Crippen LogP contribution >= 0.6 is 0 Å². The highest BCUT2D eigenvalue weighted by Crippen LogP contribution is 2.29. The number of amides is 2. The van der Waals surface area contributed by atoms with Crippen molar-refractivity contribution in [2.75, 3.05) is 19.0 Å². The van der Waals surface area contributed by atoms with Gasteiger partial charge in [0.1, 0.15) is 12.4 Å². The van der Waals surface area contributed by atoms with Gasteiger partial charge in [-0.1, -0.05) is 22.9 Å². The van der Waals surface area contributed by atoms with E-state index in [1.54, 1.807) is 12.1 Å². The largest absolute Gasteiger partial charge is 0.493 e. The van der Waals surface area contributed by atoms with E-state index in [1.807, 2.05) is 45.9 Å². The number of ether oxygens (including phenoxy) is 2. The second-order valence-electron chi connectivity index (χ2n) is 7.63. The molecule has 0 aliphatic carbocycles. The molecule has 1 heterocycles. The minimum Gasteiger partial charge on any atom is -0.493 e. The van der Waals surface area contributed by atoms with Crippen molar-refractivity contribution in [3.8, 4) is 11.5 Å². The van der Waals surface area contributed by atoms with Gasteiger partial charge in [-0.05, 0) is 57.5 Å². The Hall–Kier alpha value is -4.01. The van der Waals surface area contributed by atoms with Gasteiger partial charge in [-0.25, -0.2) is 0 Å². The Bertz CT molecular complexity index is 1140. The first kappa shape index (κ1) is 23.6. The molecule has 9 nitrogen and oxygen atoms in total. The number of hydrogen-bond donors (Lipinski definition) is 3. The lowest BCUT2D eigenvalue weighted by Crippen LogP contribution is -2.44. The Morgan fingerprint density at radius 2 is 1.79 bits per heavy atom. The second kappa shape index (κ2) is 10.5. The Labute approximate surface area is 192 Å². The summed E-state index contributed by atoms with van der Waals surface area (Å²) in [5.41, 5.74) is 9.76. The molecule has 9 heteroatoms. The molecule has 0 saturated heterocycles. The van der Waals surface area contributed by atoms with Crippen molar-refractivity contribution < 1.29 is 23.6 Å². The molecule has 1 aromatic heterocycles. The van der Waals surface area contributed by atoms with Crippen molar-refractivity contribution >= 4 is 17.5 Å². The first-order valence-corrected chi connectivity index (χ1v) is 10.4. The summed E-state index contributed by atoms with van der Waals surface area (Å²) in [7, 11) is 1.49. The third kappa shape index (κ3) is 6.03. The number of hydrazine groups is 1. The molecule has 0 atom stereocenters. The average molecular weight is 453 g/mol. The van der Waals surface area contributed by atoms with Crippen LogP contribution in [0.15, 0.2) is 40.9 Å². The molecule has 174 valence electrons. The van der Waals surface area contributed by atoms with E-state index in [0.717, 1.165) is 28.1 Å². The van der Waals surface area contributed by atoms with Crippen LogP contribution in [0.2, 0.25) is 0 Å². The lowest BCUT2D eigenvalue weighted by Gasteiger charge is -2.13. The quantitative estimate of drug-likeness (QED) is 0.449. The highest BCUT2D eigenvalue weighted by Gasteiger charge is 2.15. The number of carbonyl (C=O) groups is 2. The highest BCUT2D eigenvalue weighted by molar-refractivity contribution is 5.96. The fourth-order valence-corrected chi connectivity index (χ4v) is 3.22. The Balaban J connectivity index is 1.54. The fourth-order valence-electron chi connectivity index (χ4n) is 3.22. The molecule has 2 amide bonds. The van der Waals surface area contributed by atoms with Crippen LogP contribution in [-0.4, -0.2) is 30.6 Å². The number of hydrogen-bond acceptors (Lipinski definition) is 7. The molecule has 2 aromatic carbocycles. The predicted molar refractivity (Wildman–Crippen MR) is 123 cm³/mol. The van der Waals surface area contributed by atoms with Gasteiger partial charge in [-0.3, -0.25) is 20.4 Å². The van der Waals surface area contributed by atoms with E-state index in [-0.39, 0.29) is 19.1 Å². The molecular formula is C24H28N4O5. The lowest BCUT2D eigenvalue weighted by atomic mass is 10.1. The maximum atomic E-state index is 12.5. The normalized spacial score (nSPS) is 10.5. The third-order valence-corrected chi connectivity index (χ3v) is 5.12. The van der Waals surface area contributed by atoms with Crippen LogP contribution in [0.3, 0.4) is 0 Å². The monoisotopic (exact) mass is 452 g/mol. The number of nitrogens with zero attached hydrogens (tertiary/aromatic N) is 1. The number of benzene rings is 2. The van der Waals surface area contributed by atoms with Crippen LogP contribution in [0.25, 0.3) is 0 Å². The zero-order chi connectivity index (χ0) is 24.0. The lowest BCUT2D eigenvalue weighted by molar-refractivity contribution is -0.120. The van der Waals surface area contributed by atoms with Crippen LogP contribution in [0.1, 0.15) is 38.5 Å². The average Bonchev–Trinajstić information content (AvgIpc) is 3.12. The molecule has 3 rings (SSSR count). The summed E-state index contributed by atoms with van der Waals surface area (Å²) < 4.78 is 16.3. The van der Waals surface area contributed by atoms with Gasteiger partial charge in [0.15, 0.2) is 11.5 Å². The van der Waals surface area contributed by atoms with Gasteiger partial charge in [-0.15, -0.1) is 0 Å². The molecule has 0 unspecified atom stereocenters. The number of carbonyl (C=O) groups excluding carboxylic acids is 2. The smallest absolute Gasteiger partial charge is 0.269 e. The molecule has 0 bridgehead atoms. The molecule has 0 aliphatic heterocycles. The Morgan fingerprint density at radius 1 is 1.00 bits per heavy atom. The first-order chi connectivity index (χ1) is 15.8. The highest BCUT2D eigenvalue weighted by atomic mass is 16.5. The molecular weight excluding hydrogens is 424 g/mol. The second-order valence-corrected chi connectivity index (χ2v) is 7.63. The summed E-state index contributed by atoms with van der Waals surface area (Å²) in [6, 6.07) is 10.7. The summed E-state index contributed by atoms with van der Waals surface area (Å²) in [6.45, 7) is 7.89. The Kier molecular flexibility index (Phi) is 7.55. The summed E-state index contributed by atoms with van der Waals surface area (Å²) in [5.74, 6) is 0.679. The van der Waals surface area contributed by atoms with Gasteiger partial charge < -0.3 is 19.3 Å². The summed E-state index contributed by atoms with van der Waals surface area (Å²) in [4.78, 5) is 24.6. The zero-order valence-corrected chi connectivity index (χ0v) is 19.4. The van der Waals surface area contributed by atoms with Gasteiger partial charge in [0.05, 0.1) is 24.9 Å². The number of methoxy groups -OCH3 is 1. The molecule has 3 N–H and O–H groups in total. The molecule has 33 heavy (non-hydrogen) atoms. The van der Waals surface area contributed by atoms with E-state index in [1.165, 1.54) is 13.2 Å². The van der Waals surface area contributed by atoms with Crippen LogP contribution in [-0.2, 0) is 11.4 Å². The van der Waals surface area contributed by atoms with E-state index in [4.69, 9.17) is 14.0 Å². The van der Waals surface area contributed by atoms with Crippen LogP contribution in [0, 0.1) is 27.7 Å². The standard InChI is InChI=1S/C24H28N4O5/c1-14-6-8-20(15(2)10-14)25-12-23(29)26-27-24(30)18-7-9-21(22(11-18)31-5)32-13-19-16(3)28-33-17(19)4/h6-11,25H,12-13H2,1-5H3,(H,26,29)(H,27,30). The number of aromatic nitrogens is 1. The number of anilines is 1. The van der Waals surface area contributed by atoms with Gasteiger partial charge in [0.25, 0.3) is 11.8 Å². The summed E-state index contributed by atoms with van der Waals surface area (Å²) in [5, 5.41) is 6.95. The molecule has 0 spiro atoms. The fraction of sp³-hybridized carbons (Fsp3) is 0.292. The van der Waals surface area contributed by atoms with Crippen molar-refractivity contribution in [3.63, 3.8) is 0 Å². The van der Waals surface area contributed by atoms with Crippen molar-refractivity contribution in [3.05, 3.63) is 70.1 Å².